The maximum atomic E-state index is 12.3. The molecule has 0 aliphatic carbocycles. The van der Waals surface area contributed by atoms with Crippen LogP contribution in [-0.2, 0) is 4.74 Å². The van der Waals surface area contributed by atoms with Crippen LogP contribution in [0.3, 0.4) is 0 Å². The van der Waals surface area contributed by atoms with Gasteiger partial charge >= 0.3 is 6.09 Å². The topological polar surface area (TPSA) is 78.2 Å². The second-order valence-corrected chi connectivity index (χ2v) is 6.75. The van der Waals surface area contributed by atoms with Crippen molar-refractivity contribution in [3.05, 3.63) is 23.9 Å². The highest BCUT2D eigenvalue weighted by molar-refractivity contribution is 5.68. The van der Waals surface area contributed by atoms with E-state index in [0.717, 1.165) is 25.8 Å². The minimum atomic E-state index is -0.485. The van der Waals surface area contributed by atoms with Crippen molar-refractivity contribution in [2.75, 3.05) is 18.4 Å². The average molecular weight is 316 g/mol. The maximum absolute atomic E-state index is 12.3. The van der Waals surface area contributed by atoms with E-state index in [1.165, 1.54) is 6.20 Å². The summed E-state index contributed by atoms with van der Waals surface area (Å²) in [6.07, 6.45) is 4.34. The second-order valence-electron chi connectivity index (χ2n) is 6.75. The van der Waals surface area contributed by atoms with Gasteiger partial charge in [-0.3, -0.25) is 0 Å². The standard InChI is InChI=1S/C17H24N4O2/c1-17(2,3)23-16(22)21-9-5-4-6-14(21)12-20-15-8-7-13(10-18)11-19-15/h7-8,11,14H,4-6,9,12H2,1-3H3,(H,19,20). The number of nitrogens with one attached hydrogen (secondary N) is 1. The molecule has 1 aliphatic rings. The zero-order chi connectivity index (χ0) is 16.9. The highest BCUT2D eigenvalue weighted by Crippen LogP contribution is 2.20. The van der Waals surface area contributed by atoms with Gasteiger partial charge in [-0.05, 0) is 52.2 Å². The Morgan fingerprint density at radius 1 is 1.48 bits per heavy atom. The molecule has 1 aliphatic heterocycles. The fraction of sp³-hybridized carbons (Fsp3) is 0.588. The third kappa shape index (κ3) is 5.13. The number of piperidine rings is 1. The van der Waals surface area contributed by atoms with E-state index in [-0.39, 0.29) is 12.1 Å². The van der Waals surface area contributed by atoms with Gasteiger partial charge in [0.05, 0.1) is 11.6 Å². The quantitative estimate of drug-likeness (QED) is 0.926. The Balaban J connectivity index is 1.95. The van der Waals surface area contributed by atoms with E-state index in [1.807, 2.05) is 31.7 Å². The fourth-order valence-corrected chi connectivity index (χ4v) is 2.56. The van der Waals surface area contributed by atoms with Gasteiger partial charge in [0.1, 0.15) is 17.5 Å². The molecule has 1 aromatic rings. The number of hydrogen-bond acceptors (Lipinski definition) is 5. The van der Waals surface area contributed by atoms with Crippen LogP contribution in [0.4, 0.5) is 10.6 Å². The summed E-state index contributed by atoms with van der Waals surface area (Å²) in [6, 6.07) is 5.64. The number of ether oxygens (including phenoxy) is 1. The molecule has 1 fully saturated rings. The number of anilines is 1. The number of nitriles is 1. The summed E-state index contributed by atoms with van der Waals surface area (Å²) in [6.45, 7) is 6.98. The molecule has 1 aromatic heterocycles. The molecular formula is C17H24N4O2. The summed E-state index contributed by atoms with van der Waals surface area (Å²) >= 11 is 0. The van der Waals surface area contributed by atoms with E-state index in [9.17, 15) is 4.79 Å². The monoisotopic (exact) mass is 316 g/mol. The molecule has 124 valence electrons. The van der Waals surface area contributed by atoms with Gasteiger partial charge in [-0.2, -0.15) is 5.26 Å². The van der Waals surface area contributed by atoms with Crippen LogP contribution in [0.2, 0.25) is 0 Å². The van der Waals surface area contributed by atoms with Gasteiger partial charge in [0, 0.05) is 19.3 Å². The van der Waals surface area contributed by atoms with Crippen LogP contribution in [0.5, 0.6) is 0 Å². The van der Waals surface area contributed by atoms with Crippen LogP contribution >= 0.6 is 0 Å². The highest BCUT2D eigenvalue weighted by atomic mass is 16.6. The van der Waals surface area contributed by atoms with Crippen molar-refractivity contribution in [3.8, 4) is 6.07 Å². The molecule has 0 bridgehead atoms. The van der Waals surface area contributed by atoms with Gasteiger partial charge in [-0.15, -0.1) is 0 Å². The lowest BCUT2D eigenvalue weighted by Gasteiger charge is -2.36. The summed E-state index contributed by atoms with van der Waals surface area (Å²) in [5.74, 6) is 0.707. The Morgan fingerprint density at radius 2 is 2.26 bits per heavy atom. The summed E-state index contributed by atoms with van der Waals surface area (Å²) in [7, 11) is 0. The lowest BCUT2D eigenvalue weighted by Crippen LogP contribution is -2.48. The molecule has 0 spiro atoms. The molecule has 0 radical (unpaired) electrons. The number of nitrogens with zero attached hydrogens (tertiary/aromatic N) is 3. The fourth-order valence-electron chi connectivity index (χ4n) is 2.56. The minimum Gasteiger partial charge on any atom is -0.444 e. The smallest absolute Gasteiger partial charge is 0.410 e. The van der Waals surface area contributed by atoms with E-state index < -0.39 is 5.60 Å². The predicted molar refractivity (Wildman–Crippen MR) is 88.0 cm³/mol. The molecule has 0 saturated carbocycles. The van der Waals surface area contributed by atoms with Crippen LogP contribution in [0.15, 0.2) is 18.3 Å². The largest absolute Gasteiger partial charge is 0.444 e. The molecule has 6 heteroatoms. The van der Waals surface area contributed by atoms with Crippen molar-refractivity contribution in [2.24, 2.45) is 0 Å². The Kier molecular flexibility index (Phi) is 5.43. The first-order valence-corrected chi connectivity index (χ1v) is 7.99. The first-order valence-electron chi connectivity index (χ1n) is 7.99. The zero-order valence-corrected chi connectivity index (χ0v) is 14.0. The van der Waals surface area contributed by atoms with Crippen LogP contribution < -0.4 is 5.32 Å². The molecule has 1 atom stereocenters. The molecule has 1 unspecified atom stereocenters. The molecule has 1 saturated heterocycles. The van der Waals surface area contributed by atoms with E-state index in [2.05, 4.69) is 10.3 Å². The van der Waals surface area contributed by atoms with Gasteiger partial charge in [0.2, 0.25) is 0 Å². The number of carbonyl (C=O) groups is 1. The van der Waals surface area contributed by atoms with Crippen molar-refractivity contribution in [2.45, 2.75) is 51.7 Å². The molecule has 23 heavy (non-hydrogen) atoms. The van der Waals surface area contributed by atoms with Crippen molar-refractivity contribution >= 4 is 11.9 Å². The van der Waals surface area contributed by atoms with Gasteiger partial charge in [0.15, 0.2) is 0 Å². The van der Waals surface area contributed by atoms with E-state index >= 15 is 0 Å². The number of rotatable bonds is 3. The highest BCUT2D eigenvalue weighted by Gasteiger charge is 2.30. The van der Waals surface area contributed by atoms with Crippen LogP contribution in [0.1, 0.15) is 45.6 Å². The zero-order valence-electron chi connectivity index (χ0n) is 14.0. The summed E-state index contributed by atoms with van der Waals surface area (Å²) < 4.78 is 5.50. The number of aromatic nitrogens is 1. The number of likely N-dealkylation sites (tertiary alicyclic amines) is 1. The average Bonchev–Trinajstić information content (AvgIpc) is 2.52. The van der Waals surface area contributed by atoms with Crippen molar-refractivity contribution < 1.29 is 9.53 Å². The normalized spacial score (nSPS) is 18.2. The van der Waals surface area contributed by atoms with E-state index in [4.69, 9.17) is 10.00 Å². The van der Waals surface area contributed by atoms with Crippen LogP contribution in [-0.4, -0.2) is 40.7 Å². The Bertz CT molecular complexity index is 572. The van der Waals surface area contributed by atoms with Gasteiger partial charge in [-0.25, -0.2) is 9.78 Å². The first-order chi connectivity index (χ1) is 10.9. The molecule has 1 N–H and O–H groups in total. The molecule has 1 amide bonds. The van der Waals surface area contributed by atoms with Gasteiger partial charge in [0.25, 0.3) is 0 Å². The molecule has 2 rings (SSSR count). The van der Waals surface area contributed by atoms with Crippen molar-refractivity contribution in [3.63, 3.8) is 0 Å². The summed E-state index contributed by atoms with van der Waals surface area (Å²) in [4.78, 5) is 18.3. The number of pyridine rings is 1. The molecule has 2 heterocycles. The SMILES string of the molecule is CC(C)(C)OC(=O)N1CCCCC1CNc1ccc(C#N)cn1. The number of amides is 1. The third-order valence-corrected chi connectivity index (χ3v) is 3.67. The number of carbonyl (C=O) groups excluding carboxylic acids is 1. The van der Waals surface area contributed by atoms with E-state index in [1.54, 1.807) is 12.1 Å². The lowest BCUT2D eigenvalue weighted by atomic mass is 10.0. The van der Waals surface area contributed by atoms with Crippen LogP contribution in [0, 0.1) is 11.3 Å². The Labute approximate surface area is 137 Å². The molecule has 0 aromatic carbocycles. The van der Waals surface area contributed by atoms with Crippen molar-refractivity contribution in [1.82, 2.24) is 9.88 Å². The first kappa shape index (κ1) is 17.1. The predicted octanol–water partition coefficient (Wildman–Crippen LogP) is 3.15. The van der Waals surface area contributed by atoms with Crippen LogP contribution in [0.25, 0.3) is 0 Å². The summed E-state index contributed by atoms with van der Waals surface area (Å²) in [5, 5.41) is 12.0. The Hall–Kier alpha value is -2.29. The second kappa shape index (κ2) is 7.32. The maximum Gasteiger partial charge on any atom is 0.410 e. The summed E-state index contributed by atoms with van der Waals surface area (Å²) in [5.41, 5.74) is 0.0462. The number of hydrogen-bond donors (Lipinski definition) is 1. The van der Waals surface area contributed by atoms with E-state index in [0.29, 0.717) is 17.9 Å². The van der Waals surface area contributed by atoms with Gasteiger partial charge < -0.3 is 15.0 Å². The molecular weight excluding hydrogens is 292 g/mol. The minimum absolute atomic E-state index is 0.0936. The third-order valence-electron chi connectivity index (χ3n) is 3.67. The van der Waals surface area contributed by atoms with Crippen molar-refractivity contribution in [1.29, 1.82) is 5.26 Å². The van der Waals surface area contributed by atoms with Gasteiger partial charge in [-0.1, -0.05) is 0 Å². The lowest BCUT2D eigenvalue weighted by molar-refractivity contribution is 0.0114. The Morgan fingerprint density at radius 3 is 2.87 bits per heavy atom. The molecule has 6 nitrogen and oxygen atoms in total.